The molecule has 1 aromatic rings. The van der Waals surface area contributed by atoms with Gasteiger partial charge < -0.3 is 14.2 Å². The van der Waals surface area contributed by atoms with Crippen LogP contribution < -0.4 is 9.47 Å². The molecule has 0 aromatic heterocycles. The molecule has 1 aromatic carbocycles. The van der Waals surface area contributed by atoms with E-state index in [4.69, 9.17) is 14.2 Å². The average Bonchev–Trinajstić information content (AvgIpc) is 2.51. The van der Waals surface area contributed by atoms with Gasteiger partial charge in [0.1, 0.15) is 0 Å². The maximum atomic E-state index is 11.4. The van der Waals surface area contributed by atoms with Gasteiger partial charge in [0.2, 0.25) is 0 Å². The zero-order valence-electron chi connectivity index (χ0n) is 12.5. The molecule has 0 radical (unpaired) electrons. The number of carbonyl (C=O) groups excluding carboxylic acids is 1. The van der Waals surface area contributed by atoms with Crippen LogP contribution in [0, 0.1) is 10.1 Å². The number of hydrogen-bond donors (Lipinski definition) is 1. The Kier molecular flexibility index (Phi) is 7.51. The largest absolute Gasteiger partial charge is 0.493 e. The Labute approximate surface area is 134 Å². The number of hydrogen-bond acceptors (Lipinski definition) is 7. The predicted octanol–water partition coefficient (Wildman–Crippen LogP) is 2.41. The number of methoxy groups -OCH3 is 2. The van der Waals surface area contributed by atoms with Crippen LogP contribution in [0.1, 0.15) is 18.4 Å². The molecule has 1 rings (SSSR count). The van der Waals surface area contributed by atoms with Crippen molar-refractivity contribution >= 4 is 24.3 Å². The fraction of sp³-hybridized carbons (Fsp3) is 0.500. The van der Waals surface area contributed by atoms with Gasteiger partial charge in [-0.25, -0.2) is 0 Å². The molecule has 0 aliphatic rings. The molecule has 0 aliphatic carbocycles. The highest BCUT2D eigenvalue weighted by atomic mass is 32.1. The van der Waals surface area contributed by atoms with Gasteiger partial charge in [0.15, 0.2) is 11.5 Å². The lowest BCUT2D eigenvalue weighted by Gasteiger charge is -2.11. The lowest BCUT2D eigenvalue weighted by atomic mass is 10.1. The van der Waals surface area contributed by atoms with Gasteiger partial charge in [-0.2, -0.15) is 12.6 Å². The molecule has 0 unspecified atom stereocenters. The Morgan fingerprint density at radius 2 is 1.91 bits per heavy atom. The highest BCUT2D eigenvalue weighted by Crippen LogP contribution is 2.34. The molecule has 0 amide bonds. The summed E-state index contributed by atoms with van der Waals surface area (Å²) in [5.41, 5.74) is 0.328. The van der Waals surface area contributed by atoms with Crippen LogP contribution in [0.25, 0.3) is 0 Å². The van der Waals surface area contributed by atoms with E-state index in [1.807, 2.05) is 0 Å². The summed E-state index contributed by atoms with van der Waals surface area (Å²) in [6, 6.07) is 2.83. The van der Waals surface area contributed by atoms with Gasteiger partial charge in [0.05, 0.1) is 31.8 Å². The van der Waals surface area contributed by atoms with Crippen molar-refractivity contribution in [3.63, 3.8) is 0 Å². The summed E-state index contributed by atoms with van der Waals surface area (Å²) in [4.78, 5) is 22.0. The summed E-state index contributed by atoms with van der Waals surface area (Å²) in [6.45, 7) is 0.0712. The Balaban J connectivity index is 2.80. The van der Waals surface area contributed by atoms with Gasteiger partial charge in [0, 0.05) is 18.4 Å². The Hall–Kier alpha value is -1.96. The number of benzene rings is 1. The minimum atomic E-state index is -0.500. The van der Waals surface area contributed by atoms with Crippen molar-refractivity contribution in [1.29, 1.82) is 0 Å². The molecule has 8 heteroatoms. The molecule has 0 spiro atoms. The molecule has 0 N–H and O–H groups in total. The van der Waals surface area contributed by atoms with Crippen molar-refractivity contribution in [2.24, 2.45) is 0 Å². The molecule has 22 heavy (non-hydrogen) atoms. The third kappa shape index (κ3) is 5.10. The van der Waals surface area contributed by atoms with Crippen molar-refractivity contribution in [1.82, 2.24) is 0 Å². The molecule has 0 bridgehead atoms. The normalized spacial score (nSPS) is 10.1. The third-order valence-corrected chi connectivity index (χ3v) is 3.27. The van der Waals surface area contributed by atoms with Gasteiger partial charge in [-0.15, -0.1) is 0 Å². The van der Waals surface area contributed by atoms with Crippen LogP contribution >= 0.6 is 12.6 Å². The number of nitrogens with zero attached hydrogens (tertiary/aromatic N) is 1. The first-order chi connectivity index (χ1) is 10.5. The SMILES string of the molecule is COc1cc(CCOC(=O)CCCS)c([N+](=O)[O-])cc1OC. The Morgan fingerprint density at radius 3 is 2.45 bits per heavy atom. The summed E-state index contributed by atoms with van der Waals surface area (Å²) >= 11 is 4.01. The van der Waals surface area contributed by atoms with Crippen LogP contribution in [-0.2, 0) is 16.0 Å². The fourth-order valence-electron chi connectivity index (χ4n) is 1.85. The minimum Gasteiger partial charge on any atom is -0.493 e. The molecular weight excluding hydrogens is 310 g/mol. The van der Waals surface area contributed by atoms with Crippen LogP contribution in [0.4, 0.5) is 5.69 Å². The van der Waals surface area contributed by atoms with Crippen molar-refractivity contribution in [2.45, 2.75) is 19.3 Å². The average molecular weight is 329 g/mol. The molecule has 7 nitrogen and oxygen atoms in total. The number of carbonyl (C=O) groups is 1. The minimum absolute atomic E-state index is 0.0712. The van der Waals surface area contributed by atoms with E-state index in [0.29, 0.717) is 23.5 Å². The van der Waals surface area contributed by atoms with Gasteiger partial charge in [-0.05, 0) is 18.2 Å². The van der Waals surface area contributed by atoms with E-state index in [9.17, 15) is 14.9 Å². The summed E-state index contributed by atoms with van der Waals surface area (Å²) in [5.74, 6) is 0.946. The number of ether oxygens (including phenoxy) is 3. The lowest BCUT2D eigenvalue weighted by Crippen LogP contribution is -2.09. The van der Waals surface area contributed by atoms with E-state index in [0.717, 1.165) is 0 Å². The van der Waals surface area contributed by atoms with Crippen LogP contribution in [-0.4, -0.2) is 37.5 Å². The Morgan fingerprint density at radius 1 is 1.27 bits per heavy atom. The summed E-state index contributed by atoms with van der Waals surface area (Å²) in [6.07, 6.45) is 1.15. The second kappa shape index (κ2) is 9.14. The molecule has 0 aliphatic heterocycles. The summed E-state index contributed by atoms with van der Waals surface area (Å²) < 4.78 is 15.2. The molecule has 0 saturated carbocycles. The maximum Gasteiger partial charge on any atom is 0.305 e. The van der Waals surface area contributed by atoms with Gasteiger partial charge in [0.25, 0.3) is 5.69 Å². The molecule has 0 heterocycles. The number of esters is 1. The first kappa shape index (κ1) is 18.1. The van der Waals surface area contributed by atoms with Crippen LogP contribution in [0.5, 0.6) is 11.5 Å². The van der Waals surface area contributed by atoms with E-state index in [1.165, 1.54) is 26.4 Å². The lowest BCUT2D eigenvalue weighted by molar-refractivity contribution is -0.385. The highest BCUT2D eigenvalue weighted by molar-refractivity contribution is 7.80. The van der Waals surface area contributed by atoms with Crippen LogP contribution in [0.15, 0.2) is 12.1 Å². The number of thiol groups is 1. The monoisotopic (exact) mass is 329 g/mol. The van der Waals surface area contributed by atoms with Crippen molar-refractivity contribution in [3.05, 3.63) is 27.8 Å². The van der Waals surface area contributed by atoms with Crippen LogP contribution in [0.2, 0.25) is 0 Å². The highest BCUT2D eigenvalue weighted by Gasteiger charge is 2.19. The van der Waals surface area contributed by atoms with E-state index in [2.05, 4.69) is 12.6 Å². The molecule has 0 saturated heterocycles. The molecule has 122 valence electrons. The molecule has 0 fully saturated rings. The quantitative estimate of drug-likeness (QED) is 0.324. The van der Waals surface area contributed by atoms with Crippen molar-refractivity contribution in [2.75, 3.05) is 26.6 Å². The standard InChI is InChI=1S/C14H19NO6S/c1-19-12-8-10(5-6-21-14(16)4-3-7-22)11(15(17)18)9-13(12)20-2/h8-9,22H,3-7H2,1-2H3. The predicted molar refractivity (Wildman–Crippen MR) is 84.0 cm³/mol. The van der Waals surface area contributed by atoms with Crippen molar-refractivity contribution < 1.29 is 23.9 Å². The molecular formula is C14H19NO6S. The first-order valence-electron chi connectivity index (χ1n) is 6.69. The topological polar surface area (TPSA) is 87.9 Å². The van der Waals surface area contributed by atoms with E-state index in [-0.39, 0.29) is 36.9 Å². The Bertz CT molecular complexity index is 534. The zero-order chi connectivity index (χ0) is 16.5. The first-order valence-corrected chi connectivity index (χ1v) is 7.32. The van der Waals surface area contributed by atoms with E-state index in [1.54, 1.807) is 0 Å². The smallest absolute Gasteiger partial charge is 0.305 e. The summed E-state index contributed by atoms with van der Waals surface area (Å²) in [7, 11) is 2.86. The van der Waals surface area contributed by atoms with Gasteiger partial charge >= 0.3 is 5.97 Å². The maximum absolute atomic E-state index is 11.4. The second-order valence-corrected chi connectivity index (χ2v) is 4.84. The van der Waals surface area contributed by atoms with E-state index < -0.39 is 4.92 Å². The fourth-order valence-corrected chi connectivity index (χ4v) is 2.01. The van der Waals surface area contributed by atoms with Crippen LogP contribution in [0.3, 0.4) is 0 Å². The zero-order valence-corrected chi connectivity index (χ0v) is 13.4. The number of nitro benzene ring substituents is 1. The van der Waals surface area contributed by atoms with Gasteiger partial charge in [-0.1, -0.05) is 0 Å². The van der Waals surface area contributed by atoms with Gasteiger partial charge in [-0.3, -0.25) is 14.9 Å². The van der Waals surface area contributed by atoms with Crippen molar-refractivity contribution in [3.8, 4) is 11.5 Å². The number of nitro groups is 1. The summed E-state index contributed by atoms with van der Waals surface area (Å²) in [5, 5.41) is 11.1. The second-order valence-electron chi connectivity index (χ2n) is 4.39. The van der Waals surface area contributed by atoms with E-state index >= 15 is 0 Å². The number of rotatable bonds is 9. The molecule has 0 atom stereocenters. The third-order valence-electron chi connectivity index (χ3n) is 2.95.